The van der Waals surface area contributed by atoms with E-state index < -0.39 is 0 Å². The van der Waals surface area contributed by atoms with Gasteiger partial charge in [-0.2, -0.15) is 0 Å². The monoisotopic (exact) mass is 183 g/mol. The molecule has 1 heterocycles. The predicted octanol–water partition coefficient (Wildman–Crippen LogP) is 2.34. The number of rotatable bonds is 3. The first-order chi connectivity index (χ1) is 5.74. The summed E-state index contributed by atoms with van der Waals surface area (Å²) in [5.74, 6) is 0.107. The highest BCUT2D eigenvalue weighted by Crippen LogP contribution is 2.17. The van der Waals surface area contributed by atoms with Crippen LogP contribution in [0.25, 0.3) is 0 Å². The molecule has 0 saturated carbocycles. The number of thiophene rings is 1. The van der Waals surface area contributed by atoms with E-state index in [4.69, 9.17) is 0 Å². The van der Waals surface area contributed by atoms with E-state index in [1.807, 2.05) is 31.4 Å². The Kier molecular flexibility index (Phi) is 3.29. The Balaban J connectivity index is 2.49. The lowest BCUT2D eigenvalue weighted by atomic mass is 10.2. The number of hydrogen-bond donors (Lipinski definition) is 1. The highest BCUT2D eigenvalue weighted by atomic mass is 32.1. The van der Waals surface area contributed by atoms with E-state index >= 15 is 0 Å². The first kappa shape index (κ1) is 9.26. The Morgan fingerprint density at radius 3 is 3.00 bits per heavy atom. The van der Waals surface area contributed by atoms with Crippen molar-refractivity contribution in [1.82, 2.24) is 5.32 Å². The standard InChI is InChI=1S/C9H13NOS/c1-3-9(11)10-7(2)8-5-4-6-12-8/h4-7H,3H2,1-2H3,(H,10,11). The smallest absolute Gasteiger partial charge is 0.220 e. The number of carbonyl (C=O) groups is 1. The second-order valence-electron chi connectivity index (χ2n) is 2.66. The van der Waals surface area contributed by atoms with Gasteiger partial charge in [-0.1, -0.05) is 13.0 Å². The van der Waals surface area contributed by atoms with Crippen LogP contribution in [0.5, 0.6) is 0 Å². The van der Waals surface area contributed by atoms with Crippen molar-refractivity contribution < 1.29 is 4.79 Å². The molecule has 0 saturated heterocycles. The van der Waals surface area contributed by atoms with Crippen LogP contribution in [0.3, 0.4) is 0 Å². The number of nitrogens with one attached hydrogen (secondary N) is 1. The molecule has 12 heavy (non-hydrogen) atoms. The van der Waals surface area contributed by atoms with Crippen molar-refractivity contribution in [1.29, 1.82) is 0 Å². The molecule has 0 spiro atoms. The molecule has 0 aliphatic carbocycles. The lowest BCUT2D eigenvalue weighted by molar-refractivity contribution is -0.121. The van der Waals surface area contributed by atoms with Gasteiger partial charge in [0.05, 0.1) is 6.04 Å². The maximum atomic E-state index is 11.0. The van der Waals surface area contributed by atoms with Crippen molar-refractivity contribution in [3.8, 4) is 0 Å². The van der Waals surface area contributed by atoms with Crippen LogP contribution >= 0.6 is 11.3 Å². The molecule has 2 nitrogen and oxygen atoms in total. The summed E-state index contributed by atoms with van der Waals surface area (Å²) in [6, 6.07) is 4.18. The molecule has 0 radical (unpaired) electrons. The zero-order chi connectivity index (χ0) is 8.97. The second kappa shape index (κ2) is 4.26. The Morgan fingerprint density at radius 1 is 1.75 bits per heavy atom. The first-order valence-electron chi connectivity index (χ1n) is 4.06. The molecule has 66 valence electrons. The van der Waals surface area contributed by atoms with Crippen molar-refractivity contribution in [2.45, 2.75) is 26.3 Å². The summed E-state index contributed by atoms with van der Waals surface area (Å²) < 4.78 is 0. The fraction of sp³-hybridized carbons (Fsp3) is 0.444. The van der Waals surface area contributed by atoms with Gasteiger partial charge in [-0.3, -0.25) is 4.79 Å². The topological polar surface area (TPSA) is 29.1 Å². The number of amides is 1. The van der Waals surface area contributed by atoms with E-state index in [-0.39, 0.29) is 11.9 Å². The quantitative estimate of drug-likeness (QED) is 0.765. The van der Waals surface area contributed by atoms with E-state index in [1.54, 1.807) is 11.3 Å². The van der Waals surface area contributed by atoms with E-state index in [9.17, 15) is 4.79 Å². The highest BCUT2D eigenvalue weighted by molar-refractivity contribution is 7.10. The van der Waals surface area contributed by atoms with Gasteiger partial charge < -0.3 is 5.32 Å². The Hall–Kier alpha value is -0.830. The minimum atomic E-state index is 0.107. The molecule has 1 atom stereocenters. The van der Waals surface area contributed by atoms with E-state index in [0.717, 1.165) is 0 Å². The summed E-state index contributed by atoms with van der Waals surface area (Å²) in [4.78, 5) is 12.2. The van der Waals surface area contributed by atoms with Gasteiger partial charge in [0.15, 0.2) is 0 Å². The Morgan fingerprint density at radius 2 is 2.50 bits per heavy atom. The first-order valence-corrected chi connectivity index (χ1v) is 4.94. The summed E-state index contributed by atoms with van der Waals surface area (Å²) in [6.07, 6.45) is 0.551. The van der Waals surface area contributed by atoms with Crippen LogP contribution in [0.1, 0.15) is 31.2 Å². The highest BCUT2D eigenvalue weighted by Gasteiger charge is 2.07. The molecule has 3 heteroatoms. The molecule has 0 aromatic carbocycles. The van der Waals surface area contributed by atoms with Crippen molar-refractivity contribution in [2.75, 3.05) is 0 Å². The maximum Gasteiger partial charge on any atom is 0.220 e. The Labute approximate surface area is 76.6 Å². The fourth-order valence-electron chi connectivity index (χ4n) is 0.952. The van der Waals surface area contributed by atoms with Crippen LogP contribution in [0.4, 0.5) is 0 Å². The van der Waals surface area contributed by atoms with Crippen molar-refractivity contribution in [3.05, 3.63) is 22.4 Å². The third-order valence-electron chi connectivity index (χ3n) is 1.67. The molecule has 0 bridgehead atoms. The maximum absolute atomic E-state index is 11.0. The second-order valence-corrected chi connectivity index (χ2v) is 3.64. The molecule has 1 amide bonds. The summed E-state index contributed by atoms with van der Waals surface area (Å²) in [7, 11) is 0. The van der Waals surface area contributed by atoms with Gasteiger partial charge in [0.1, 0.15) is 0 Å². The van der Waals surface area contributed by atoms with E-state index in [1.165, 1.54) is 4.88 Å². The van der Waals surface area contributed by atoms with Crippen LogP contribution in [0.15, 0.2) is 17.5 Å². The van der Waals surface area contributed by atoms with Crippen LogP contribution in [0, 0.1) is 0 Å². The van der Waals surface area contributed by atoms with Crippen LogP contribution < -0.4 is 5.32 Å². The van der Waals surface area contributed by atoms with Crippen LogP contribution in [-0.4, -0.2) is 5.91 Å². The molecule has 1 N–H and O–H groups in total. The van der Waals surface area contributed by atoms with Crippen LogP contribution in [-0.2, 0) is 4.79 Å². The lowest BCUT2D eigenvalue weighted by Crippen LogP contribution is -2.24. The number of hydrogen-bond acceptors (Lipinski definition) is 2. The normalized spacial score (nSPS) is 12.5. The number of carbonyl (C=O) groups excluding carboxylic acids is 1. The Bertz CT molecular complexity index is 243. The largest absolute Gasteiger partial charge is 0.349 e. The molecule has 1 rings (SSSR count). The molecule has 0 aliphatic heterocycles. The zero-order valence-electron chi connectivity index (χ0n) is 7.33. The lowest BCUT2D eigenvalue weighted by Gasteiger charge is -2.10. The molecular formula is C9H13NOS. The van der Waals surface area contributed by atoms with Gasteiger partial charge in [0.2, 0.25) is 5.91 Å². The minimum absolute atomic E-state index is 0.107. The summed E-state index contributed by atoms with van der Waals surface area (Å²) in [5, 5.41) is 4.92. The van der Waals surface area contributed by atoms with Crippen molar-refractivity contribution >= 4 is 17.2 Å². The van der Waals surface area contributed by atoms with Gasteiger partial charge in [0, 0.05) is 11.3 Å². The minimum Gasteiger partial charge on any atom is -0.349 e. The molecule has 0 fully saturated rings. The van der Waals surface area contributed by atoms with Gasteiger partial charge >= 0.3 is 0 Å². The third-order valence-corrected chi connectivity index (χ3v) is 2.72. The van der Waals surface area contributed by atoms with E-state index in [0.29, 0.717) is 6.42 Å². The van der Waals surface area contributed by atoms with Gasteiger partial charge in [-0.05, 0) is 18.4 Å². The molecule has 0 aliphatic rings. The van der Waals surface area contributed by atoms with E-state index in [2.05, 4.69) is 5.32 Å². The fourth-order valence-corrected chi connectivity index (χ4v) is 1.69. The van der Waals surface area contributed by atoms with Crippen molar-refractivity contribution in [3.63, 3.8) is 0 Å². The van der Waals surface area contributed by atoms with Crippen molar-refractivity contribution in [2.24, 2.45) is 0 Å². The summed E-state index contributed by atoms with van der Waals surface area (Å²) >= 11 is 1.67. The van der Waals surface area contributed by atoms with Gasteiger partial charge in [0.25, 0.3) is 0 Å². The summed E-state index contributed by atoms with van der Waals surface area (Å²) in [6.45, 7) is 3.86. The average molecular weight is 183 g/mol. The summed E-state index contributed by atoms with van der Waals surface area (Å²) in [5.41, 5.74) is 0. The average Bonchev–Trinajstić information content (AvgIpc) is 2.56. The predicted molar refractivity (Wildman–Crippen MR) is 51.2 cm³/mol. The molecule has 1 unspecified atom stereocenters. The van der Waals surface area contributed by atoms with Crippen LogP contribution in [0.2, 0.25) is 0 Å². The zero-order valence-corrected chi connectivity index (χ0v) is 8.15. The van der Waals surface area contributed by atoms with Gasteiger partial charge in [-0.15, -0.1) is 11.3 Å². The molecule has 1 aromatic heterocycles. The third kappa shape index (κ3) is 2.34. The SMILES string of the molecule is CCC(=O)NC(C)c1cccs1. The molecular weight excluding hydrogens is 170 g/mol. The molecule has 1 aromatic rings. The van der Waals surface area contributed by atoms with Gasteiger partial charge in [-0.25, -0.2) is 0 Å².